The van der Waals surface area contributed by atoms with Gasteiger partial charge in [-0.3, -0.25) is 4.98 Å². The zero-order chi connectivity index (χ0) is 17.9. The van der Waals surface area contributed by atoms with Gasteiger partial charge in [0.1, 0.15) is 11.6 Å². The molecule has 8 heteroatoms. The quantitative estimate of drug-likeness (QED) is 0.588. The summed E-state index contributed by atoms with van der Waals surface area (Å²) in [6.45, 7) is 0.205. The van der Waals surface area contributed by atoms with Gasteiger partial charge in [0.05, 0.1) is 22.6 Å². The van der Waals surface area contributed by atoms with Crippen LogP contribution in [0.4, 0.5) is 17.3 Å². The first kappa shape index (κ1) is 17.2. The zero-order valence-corrected chi connectivity index (χ0v) is 15.9. The van der Waals surface area contributed by atoms with Crippen LogP contribution in [0.25, 0.3) is 5.65 Å². The van der Waals surface area contributed by atoms with Crippen molar-refractivity contribution in [2.45, 2.75) is 31.7 Å². The number of aliphatic hydroxyl groups is 1. The Hall–Kier alpha value is -2.19. The molecule has 0 spiro atoms. The number of nitrogens with zero attached hydrogens (tertiary/aromatic N) is 4. The van der Waals surface area contributed by atoms with E-state index in [0.717, 1.165) is 40.3 Å². The van der Waals surface area contributed by atoms with E-state index in [9.17, 15) is 5.11 Å². The van der Waals surface area contributed by atoms with E-state index < -0.39 is 0 Å². The summed E-state index contributed by atoms with van der Waals surface area (Å²) in [5.41, 5.74) is 1.61. The number of hydrogen-bond acceptors (Lipinski definition) is 6. The molecule has 0 amide bonds. The Balaban J connectivity index is 1.67. The van der Waals surface area contributed by atoms with Crippen LogP contribution in [-0.4, -0.2) is 37.3 Å². The lowest BCUT2D eigenvalue weighted by atomic mass is 9.85. The largest absolute Gasteiger partial charge is 0.396 e. The Bertz CT molecular complexity index is 884. The molecule has 0 aromatic carbocycles. The second kappa shape index (κ2) is 7.59. The van der Waals surface area contributed by atoms with Crippen LogP contribution in [0.1, 0.15) is 25.7 Å². The van der Waals surface area contributed by atoms with Gasteiger partial charge in [-0.2, -0.15) is 9.61 Å². The molecule has 26 heavy (non-hydrogen) atoms. The maximum atomic E-state index is 9.67. The van der Waals surface area contributed by atoms with Crippen molar-refractivity contribution in [1.82, 2.24) is 19.6 Å². The second-order valence-electron chi connectivity index (χ2n) is 6.60. The fourth-order valence-electron chi connectivity index (χ4n) is 3.49. The third kappa shape index (κ3) is 3.52. The van der Waals surface area contributed by atoms with Gasteiger partial charge in [0.2, 0.25) is 0 Å². The fraction of sp³-hybridized carbons (Fsp3) is 0.389. The molecule has 3 aromatic heterocycles. The third-order valence-corrected chi connectivity index (χ3v) is 5.40. The second-order valence-corrected chi connectivity index (χ2v) is 7.45. The Morgan fingerprint density at radius 1 is 1.27 bits per heavy atom. The van der Waals surface area contributed by atoms with Gasteiger partial charge in [-0.1, -0.05) is 12.8 Å². The van der Waals surface area contributed by atoms with E-state index in [1.54, 1.807) is 23.1 Å². The number of rotatable bonds is 5. The van der Waals surface area contributed by atoms with Crippen LogP contribution in [0.5, 0.6) is 0 Å². The summed E-state index contributed by atoms with van der Waals surface area (Å²) in [4.78, 5) is 8.85. The molecule has 1 aliphatic carbocycles. The minimum absolute atomic E-state index is 0.205. The van der Waals surface area contributed by atoms with Crippen LogP contribution in [0.15, 0.2) is 41.3 Å². The molecule has 1 aliphatic rings. The van der Waals surface area contributed by atoms with E-state index in [-0.39, 0.29) is 18.6 Å². The molecular formula is C18H21BrN6O. The van der Waals surface area contributed by atoms with Gasteiger partial charge in [-0.15, -0.1) is 0 Å². The van der Waals surface area contributed by atoms with Crippen LogP contribution in [-0.2, 0) is 0 Å². The van der Waals surface area contributed by atoms with E-state index in [2.05, 4.69) is 36.6 Å². The first-order chi connectivity index (χ1) is 12.7. The van der Waals surface area contributed by atoms with Crippen molar-refractivity contribution >= 4 is 38.9 Å². The monoisotopic (exact) mass is 416 g/mol. The van der Waals surface area contributed by atoms with Crippen LogP contribution in [0.3, 0.4) is 0 Å². The van der Waals surface area contributed by atoms with Crippen molar-refractivity contribution in [2.24, 2.45) is 5.92 Å². The van der Waals surface area contributed by atoms with E-state index in [1.165, 1.54) is 12.8 Å². The molecule has 7 nitrogen and oxygen atoms in total. The van der Waals surface area contributed by atoms with Crippen molar-refractivity contribution in [3.05, 3.63) is 41.3 Å². The summed E-state index contributed by atoms with van der Waals surface area (Å²) >= 11 is 3.52. The zero-order valence-electron chi connectivity index (χ0n) is 14.3. The molecule has 0 saturated heterocycles. The number of pyridine rings is 1. The highest BCUT2D eigenvalue weighted by molar-refractivity contribution is 9.10. The van der Waals surface area contributed by atoms with Gasteiger partial charge in [0.25, 0.3) is 0 Å². The summed E-state index contributed by atoms with van der Waals surface area (Å²) in [6.07, 6.45) is 9.68. The molecule has 2 atom stereocenters. The number of nitrogens with one attached hydrogen (secondary N) is 2. The molecule has 3 heterocycles. The number of aromatic nitrogens is 4. The van der Waals surface area contributed by atoms with Crippen molar-refractivity contribution in [3.63, 3.8) is 0 Å². The van der Waals surface area contributed by atoms with Crippen LogP contribution in [0, 0.1) is 5.92 Å². The average Bonchev–Trinajstić information content (AvgIpc) is 3.04. The van der Waals surface area contributed by atoms with Crippen LogP contribution >= 0.6 is 15.9 Å². The first-order valence-electron chi connectivity index (χ1n) is 8.83. The molecule has 0 unspecified atom stereocenters. The molecular weight excluding hydrogens is 396 g/mol. The van der Waals surface area contributed by atoms with Gasteiger partial charge in [0.15, 0.2) is 5.65 Å². The lowest BCUT2D eigenvalue weighted by Gasteiger charge is -2.31. The molecule has 4 rings (SSSR count). The van der Waals surface area contributed by atoms with Crippen molar-refractivity contribution in [1.29, 1.82) is 0 Å². The van der Waals surface area contributed by atoms with Gasteiger partial charge < -0.3 is 15.7 Å². The first-order valence-corrected chi connectivity index (χ1v) is 9.62. The Morgan fingerprint density at radius 2 is 2.15 bits per heavy atom. The van der Waals surface area contributed by atoms with Crippen molar-refractivity contribution in [3.8, 4) is 0 Å². The lowest BCUT2D eigenvalue weighted by Crippen LogP contribution is -2.34. The summed E-state index contributed by atoms with van der Waals surface area (Å²) in [6, 6.07) is 6.01. The van der Waals surface area contributed by atoms with E-state index in [1.807, 2.05) is 18.2 Å². The van der Waals surface area contributed by atoms with E-state index >= 15 is 0 Å². The molecule has 3 aromatic rings. The standard InChI is InChI=1S/C18H21BrN6O/c19-14-10-21-25-17(22-13-5-3-7-20-9-13)8-16(24-18(14)25)23-15-6-2-1-4-12(15)11-26/h3,5,7-10,12,15,22,26H,1-2,4,6,11H2,(H,23,24)/t12-,15+/m0/s1. The summed E-state index contributed by atoms with van der Waals surface area (Å²) in [5.74, 6) is 1.84. The maximum Gasteiger partial charge on any atom is 0.173 e. The van der Waals surface area contributed by atoms with Crippen molar-refractivity contribution < 1.29 is 5.11 Å². The van der Waals surface area contributed by atoms with Gasteiger partial charge >= 0.3 is 0 Å². The summed E-state index contributed by atoms with van der Waals surface area (Å²) in [7, 11) is 0. The Kier molecular flexibility index (Phi) is 5.03. The van der Waals surface area contributed by atoms with Crippen LogP contribution < -0.4 is 10.6 Å². The molecule has 0 bridgehead atoms. The van der Waals surface area contributed by atoms with Crippen LogP contribution in [0.2, 0.25) is 0 Å². The number of halogens is 1. The number of hydrogen-bond donors (Lipinski definition) is 3. The topological polar surface area (TPSA) is 87.4 Å². The van der Waals surface area contributed by atoms with Crippen molar-refractivity contribution in [2.75, 3.05) is 17.2 Å². The van der Waals surface area contributed by atoms with E-state index in [0.29, 0.717) is 0 Å². The lowest BCUT2D eigenvalue weighted by molar-refractivity contribution is 0.178. The Morgan fingerprint density at radius 3 is 2.96 bits per heavy atom. The predicted octanol–water partition coefficient (Wildman–Crippen LogP) is 3.59. The minimum atomic E-state index is 0.205. The molecule has 1 saturated carbocycles. The van der Waals surface area contributed by atoms with Gasteiger partial charge in [-0.05, 0) is 40.9 Å². The van der Waals surface area contributed by atoms with Gasteiger partial charge in [0, 0.05) is 30.8 Å². The smallest absolute Gasteiger partial charge is 0.173 e. The van der Waals surface area contributed by atoms with E-state index in [4.69, 9.17) is 4.98 Å². The summed E-state index contributed by atoms with van der Waals surface area (Å²) < 4.78 is 2.59. The number of anilines is 3. The normalized spacial score (nSPS) is 20.2. The SMILES string of the molecule is OC[C@@H]1CCCC[C@H]1Nc1cc(Nc2cccnc2)n2ncc(Br)c2n1. The number of fused-ring (bicyclic) bond motifs is 1. The third-order valence-electron chi connectivity index (χ3n) is 4.84. The highest BCUT2D eigenvalue weighted by Gasteiger charge is 2.25. The molecule has 0 radical (unpaired) electrons. The maximum absolute atomic E-state index is 9.67. The Labute approximate surface area is 160 Å². The minimum Gasteiger partial charge on any atom is -0.396 e. The summed E-state index contributed by atoms with van der Waals surface area (Å²) in [5, 5.41) is 20.9. The van der Waals surface area contributed by atoms with Gasteiger partial charge in [-0.25, -0.2) is 4.98 Å². The highest BCUT2D eigenvalue weighted by atomic mass is 79.9. The fourth-order valence-corrected chi connectivity index (χ4v) is 3.84. The molecule has 1 fully saturated rings. The molecule has 136 valence electrons. The molecule has 3 N–H and O–H groups in total. The highest BCUT2D eigenvalue weighted by Crippen LogP contribution is 2.29. The number of aliphatic hydroxyl groups excluding tert-OH is 1. The average molecular weight is 417 g/mol. The predicted molar refractivity (Wildman–Crippen MR) is 105 cm³/mol. The molecule has 0 aliphatic heterocycles.